The molecule has 0 aliphatic carbocycles. The zero-order valence-electron chi connectivity index (χ0n) is 10.6. The van der Waals surface area contributed by atoms with E-state index in [2.05, 4.69) is 34.8 Å². The molecule has 0 saturated carbocycles. The molecule has 0 aliphatic rings. The lowest BCUT2D eigenvalue weighted by atomic mass is 10.1. The van der Waals surface area contributed by atoms with Crippen LogP contribution in [-0.4, -0.2) is 12.1 Å². The Morgan fingerprint density at radius 2 is 2.11 bits per heavy atom. The Morgan fingerprint density at radius 1 is 1.39 bits per heavy atom. The average molecular weight is 329 g/mol. The van der Waals surface area contributed by atoms with Gasteiger partial charge < -0.3 is 4.74 Å². The second-order valence-corrected chi connectivity index (χ2v) is 5.93. The molecule has 4 heteroatoms. The molecule has 0 fully saturated rings. The molecule has 0 atom stereocenters. The summed E-state index contributed by atoms with van der Waals surface area (Å²) in [5.41, 5.74) is 1.87. The Bertz CT molecular complexity index is 584. The third-order valence-corrected chi connectivity index (χ3v) is 3.65. The van der Waals surface area contributed by atoms with Gasteiger partial charge in [0, 0.05) is 10.2 Å². The molecule has 0 aliphatic heterocycles. The van der Waals surface area contributed by atoms with Crippen molar-refractivity contribution in [3.63, 3.8) is 0 Å². The lowest BCUT2D eigenvalue weighted by Gasteiger charge is -2.11. The minimum absolute atomic E-state index is 0.551. The highest BCUT2D eigenvalue weighted by molar-refractivity contribution is 9.10. The molecule has 2 aromatic rings. The van der Waals surface area contributed by atoms with Crippen LogP contribution in [0, 0.1) is 5.92 Å². The Labute approximate surface area is 120 Å². The third kappa shape index (κ3) is 2.62. The molecule has 0 unspecified atom stereocenters. The van der Waals surface area contributed by atoms with Gasteiger partial charge in [0.2, 0.25) is 0 Å². The fraction of sp³-hybridized carbons (Fsp3) is 0.357. The predicted octanol–water partition coefficient (Wildman–Crippen LogP) is 4.86. The number of hydrogen-bond donors (Lipinski definition) is 0. The van der Waals surface area contributed by atoms with Crippen LogP contribution in [0.5, 0.6) is 5.75 Å². The van der Waals surface area contributed by atoms with Gasteiger partial charge in [-0.05, 0) is 46.5 Å². The van der Waals surface area contributed by atoms with Crippen LogP contribution in [0.2, 0.25) is 5.02 Å². The molecule has 0 saturated heterocycles. The Hall–Kier alpha value is -0.800. The van der Waals surface area contributed by atoms with E-state index in [4.69, 9.17) is 16.3 Å². The van der Waals surface area contributed by atoms with E-state index < -0.39 is 0 Å². The van der Waals surface area contributed by atoms with Crippen LogP contribution in [-0.2, 0) is 6.42 Å². The van der Waals surface area contributed by atoms with E-state index >= 15 is 0 Å². The number of halogens is 2. The molecule has 0 bridgehead atoms. The molecule has 2 rings (SSSR count). The highest BCUT2D eigenvalue weighted by Crippen LogP contribution is 2.36. The highest BCUT2D eigenvalue weighted by Gasteiger charge is 2.12. The van der Waals surface area contributed by atoms with Crippen molar-refractivity contribution >= 4 is 38.4 Å². The van der Waals surface area contributed by atoms with Gasteiger partial charge in [-0.2, -0.15) is 0 Å². The molecule has 1 aromatic heterocycles. The van der Waals surface area contributed by atoms with Gasteiger partial charge >= 0.3 is 0 Å². The minimum atomic E-state index is 0.551. The van der Waals surface area contributed by atoms with Crippen LogP contribution in [0.4, 0.5) is 0 Å². The number of methoxy groups -OCH3 is 1. The van der Waals surface area contributed by atoms with Crippen molar-refractivity contribution in [3.8, 4) is 5.75 Å². The number of ether oxygens (including phenoxy) is 1. The number of rotatable bonds is 3. The van der Waals surface area contributed by atoms with Crippen LogP contribution < -0.4 is 4.74 Å². The third-order valence-electron chi connectivity index (χ3n) is 2.72. The molecule has 1 heterocycles. The van der Waals surface area contributed by atoms with Crippen LogP contribution in [0.3, 0.4) is 0 Å². The molecular weight excluding hydrogens is 314 g/mol. The van der Waals surface area contributed by atoms with Crippen molar-refractivity contribution in [2.75, 3.05) is 7.11 Å². The summed E-state index contributed by atoms with van der Waals surface area (Å²) in [6, 6.07) is 5.75. The van der Waals surface area contributed by atoms with Crippen LogP contribution >= 0.6 is 27.5 Å². The van der Waals surface area contributed by atoms with Crippen molar-refractivity contribution in [1.29, 1.82) is 0 Å². The van der Waals surface area contributed by atoms with E-state index in [1.807, 2.05) is 18.2 Å². The van der Waals surface area contributed by atoms with Crippen molar-refractivity contribution in [1.82, 2.24) is 4.98 Å². The van der Waals surface area contributed by atoms with Gasteiger partial charge in [-0.1, -0.05) is 25.4 Å². The van der Waals surface area contributed by atoms with Gasteiger partial charge in [0.1, 0.15) is 5.75 Å². The molecule has 0 radical (unpaired) electrons. The van der Waals surface area contributed by atoms with Crippen LogP contribution in [0.15, 0.2) is 22.7 Å². The first kappa shape index (κ1) is 13.6. The number of hydrogen-bond acceptors (Lipinski definition) is 2. The van der Waals surface area contributed by atoms with Gasteiger partial charge in [0.15, 0.2) is 0 Å². The highest BCUT2D eigenvalue weighted by atomic mass is 79.9. The zero-order valence-corrected chi connectivity index (χ0v) is 13.0. The van der Waals surface area contributed by atoms with Crippen LogP contribution in [0.25, 0.3) is 10.9 Å². The molecule has 96 valence electrons. The number of benzene rings is 1. The Kier molecular flexibility index (Phi) is 4.13. The molecular formula is C14H15BrClNO. The number of aromatic nitrogens is 1. The summed E-state index contributed by atoms with van der Waals surface area (Å²) in [6.07, 6.45) is 0.916. The summed E-state index contributed by atoms with van der Waals surface area (Å²) in [7, 11) is 1.64. The first-order valence-corrected chi connectivity index (χ1v) is 7.01. The first-order valence-electron chi connectivity index (χ1n) is 5.84. The van der Waals surface area contributed by atoms with E-state index in [-0.39, 0.29) is 0 Å². The van der Waals surface area contributed by atoms with Gasteiger partial charge in [0.05, 0.1) is 23.0 Å². The summed E-state index contributed by atoms with van der Waals surface area (Å²) in [5, 5.41) is 1.55. The maximum absolute atomic E-state index is 6.36. The van der Waals surface area contributed by atoms with Gasteiger partial charge in [0.25, 0.3) is 0 Å². The molecule has 0 N–H and O–H groups in total. The molecule has 0 spiro atoms. The number of pyridine rings is 1. The van der Waals surface area contributed by atoms with E-state index in [1.54, 1.807) is 7.11 Å². The quantitative estimate of drug-likeness (QED) is 0.803. The average Bonchev–Trinajstić information content (AvgIpc) is 2.29. The summed E-state index contributed by atoms with van der Waals surface area (Å²) < 4.78 is 6.27. The van der Waals surface area contributed by atoms with Crippen molar-refractivity contribution in [2.24, 2.45) is 5.92 Å². The van der Waals surface area contributed by atoms with E-state index in [1.165, 1.54) is 0 Å². The largest absolute Gasteiger partial charge is 0.496 e. The maximum atomic E-state index is 6.36. The van der Waals surface area contributed by atoms with Gasteiger partial charge in [-0.25, -0.2) is 0 Å². The SMILES string of the molecule is COc1ccc(Br)c2nc(CC(C)C)cc(Cl)c12. The molecule has 1 aromatic carbocycles. The zero-order chi connectivity index (χ0) is 13.3. The van der Waals surface area contributed by atoms with E-state index in [0.29, 0.717) is 10.9 Å². The monoisotopic (exact) mass is 327 g/mol. The lowest BCUT2D eigenvalue weighted by Crippen LogP contribution is -1.99. The maximum Gasteiger partial charge on any atom is 0.129 e. The smallest absolute Gasteiger partial charge is 0.129 e. The minimum Gasteiger partial charge on any atom is -0.496 e. The Morgan fingerprint density at radius 3 is 2.72 bits per heavy atom. The van der Waals surface area contributed by atoms with E-state index in [9.17, 15) is 0 Å². The summed E-state index contributed by atoms with van der Waals surface area (Å²) in [5.74, 6) is 1.30. The second-order valence-electron chi connectivity index (χ2n) is 4.67. The standard InChI is InChI=1S/C14H15BrClNO/c1-8(2)6-9-7-11(16)13-12(18-3)5-4-10(15)14(13)17-9/h4-5,7-8H,6H2,1-3H3. The topological polar surface area (TPSA) is 22.1 Å². The van der Waals surface area contributed by atoms with Crippen molar-refractivity contribution in [3.05, 3.63) is 33.4 Å². The molecule has 18 heavy (non-hydrogen) atoms. The lowest BCUT2D eigenvalue weighted by molar-refractivity contribution is 0.419. The second kappa shape index (κ2) is 5.45. The Balaban J connectivity index is 2.68. The normalized spacial score (nSPS) is 11.2. The first-order chi connectivity index (χ1) is 8.52. The summed E-state index contributed by atoms with van der Waals surface area (Å²) >= 11 is 9.88. The number of nitrogens with zero attached hydrogens (tertiary/aromatic N) is 1. The van der Waals surface area contributed by atoms with Gasteiger partial charge in [-0.15, -0.1) is 0 Å². The fourth-order valence-corrected chi connectivity index (χ4v) is 2.70. The van der Waals surface area contributed by atoms with Crippen molar-refractivity contribution in [2.45, 2.75) is 20.3 Å². The summed E-state index contributed by atoms with van der Waals surface area (Å²) in [4.78, 5) is 4.67. The van der Waals surface area contributed by atoms with Gasteiger partial charge in [-0.3, -0.25) is 4.98 Å². The van der Waals surface area contributed by atoms with Crippen LogP contribution in [0.1, 0.15) is 19.5 Å². The van der Waals surface area contributed by atoms with E-state index in [0.717, 1.165) is 33.2 Å². The molecule has 0 amide bonds. The molecule has 2 nitrogen and oxygen atoms in total. The van der Waals surface area contributed by atoms with Crippen molar-refractivity contribution < 1.29 is 4.74 Å². The fourth-order valence-electron chi connectivity index (χ4n) is 1.97. The number of fused-ring (bicyclic) bond motifs is 1. The predicted molar refractivity (Wildman–Crippen MR) is 79.5 cm³/mol. The summed E-state index contributed by atoms with van der Waals surface area (Å²) in [6.45, 7) is 4.33.